The van der Waals surface area contributed by atoms with Gasteiger partial charge in [0.2, 0.25) is 17.7 Å². The summed E-state index contributed by atoms with van der Waals surface area (Å²) >= 11 is 0. The van der Waals surface area contributed by atoms with Crippen molar-refractivity contribution in [2.75, 3.05) is 26.2 Å². The standard InChI is InChI=1S/C45H67N7O7/c1-31(2)22-34(25-41(55)40(24-33-16-8-4-9-17-33)50-44(57)38(47)23-32-14-6-3-7-15-32)43(56)49-39(19-12-13-21-46)45(58)52-35-26-36(52)28-51(27-35)29-37(54)18-10-5-11-20-42(48)59-30-53/h3-4,6-9,14-17,30-31,34-36,38-40,42H,5,10-13,18-29,46-48H2,1-2H3,(H,49,56)(H,50,57). The van der Waals surface area contributed by atoms with Crippen LogP contribution >= 0.6 is 0 Å². The molecule has 4 rings (SSSR count). The topological polar surface area (TPSA) is 220 Å². The zero-order valence-corrected chi connectivity index (χ0v) is 35.0. The molecule has 0 aliphatic carbocycles. The number of hydrogen-bond donors (Lipinski definition) is 5. The first-order valence-electron chi connectivity index (χ1n) is 21.5. The van der Waals surface area contributed by atoms with Crippen molar-refractivity contribution in [3.05, 3.63) is 71.8 Å². The molecule has 0 aromatic heterocycles. The zero-order chi connectivity index (χ0) is 42.7. The lowest BCUT2D eigenvalue weighted by Gasteiger charge is -2.57. The maximum atomic E-state index is 14.2. The van der Waals surface area contributed by atoms with E-state index in [1.165, 1.54) is 0 Å². The first-order valence-corrected chi connectivity index (χ1v) is 21.5. The second-order valence-electron chi connectivity index (χ2n) is 16.8. The van der Waals surface area contributed by atoms with Crippen molar-refractivity contribution >= 4 is 35.8 Å². The predicted octanol–water partition coefficient (Wildman–Crippen LogP) is 2.78. The van der Waals surface area contributed by atoms with Gasteiger partial charge in [-0.3, -0.25) is 39.4 Å². The molecule has 14 heteroatoms. The van der Waals surface area contributed by atoms with E-state index in [1.54, 1.807) is 0 Å². The Kier molecular flexibility index (Phi) is 19.6. The molecule has 7 atom stereocenters. The third-order valence-corrected chi connectivity index (χ3v) is 11.4. The van der Waals surface area contributed by atoms with Gasteiger partial charge in [-0.1, -0.05) is 80.9 Å². The third kappa shape index (κ3) is 15.6. The Hall–Kier alpha value is -4.50. The Morgan fingerprint density at radius 3 is 2.02 bits per heavy atom. The minimum atomic E-state index is -0.903. The number of likely N-dealkylation sites (tertiary alicyclic amines) is 2. The number of amides is 3. The Morgan fingerprint density at radius 2 is 1.41 bits per heavy atom. The van der Waals surface area contributed by atoms with Crippen LogP contribution in [0.3, 0.4) is 0 Å². The van der Waals surface area contributed by atoms with Crippen molar-refractivity contribution in [2.45, 2.75) is 134 Å². The van der Waals surface area contributed by atoms with Crippen LogP contribution in [-0.2, 0) is 46.3 Å². The smallest absolute Gasteiger partial charge is 0.294 e. The highest BCUT2D eigenvalue weighted by Gasteiger charge is 2.49. The van der Waals surface area contributed by atoms with Gasteiger partial charge in [0.1, 0.15) is 11.8 Å². The molecular formula is C45H67N7O7. The molecule has 0 radical (unpaired) electrons. The molecule has 0 spiro atoms. The van der Waals surface area contributed by atoms with Gasteiger partial charge < -0.3 is 31.7 Å². The Morgan fingerprint density at radius 1 is 0.797 bits per heavy atom. The van der Waals surface area contributed by atoms with E-state index in [1.807, 2.05) is 79.4 Å². The summed E-state index contributed by atoms with van der Waals surface area (Å²) < 4.78 is 4.70. The van der Waals surface area contributed by atoms with Crippen LogP contribution in [0.25, 0.3) is 0 Å². The average Bonchev–Trinajstić information content (AvgIpc) is 3.20. The van der Waals surface area contributed by atoms with Gasteiger partial charge >= 0.3 is 0 Å². The molecule has 2 saturated heterocycles. The number of fused-ring (bicyclic) bond motifs is 2. The van der Waals surface area contributed by atoms with Crippen LogP contribution in [0.4, 0.5) is 0 Å². The molecule has 2 aromatic rings. The fourth-order valence-corrected chi connectivity index (χ4v) is 8.29. The SMILES string of the molecule is CC(C)CC(CC(=O)C(Cc1ccccc1)NC(=O)C(N)Cc1ccccc1)C(=O)NC(CCCCN)C(=O)N1C2CC1CN(CC(=O)CCCCCC(N)OC=O)C2. The summed E-state index contributed by atoms with van der Waals surface area (Å²) in [5.41, 5.74) is 19.6. The summed E-state index contributed by atoms with van der Waals surface area (Å²) in [6.45, 7) is 6.28. The number of ether oxygens (including phenoxy) is 1. The summed E-state index contributed by atoms with van der Waals surface area (Å²) in [5.74, 6) is -1.72. The number of unbranched alkanes of at least 4 members (excludes halogenated alkanes) is 3. The number of hydrogen-bond acceptors (Lipinski definition) is 11. The molecule has 14 nitrogen and oxygen atoms in total. The van der Waals surface area contributed by atoms with E-state index in [-0.39, 0.29) is 54.2 Å². The summed E-state index contributed by atoms with van der Waals surface area (Å²) in [4.78, 5) is 83.1. The lowest BCUT2D eigenvalue weighted by molar-refractivity contribution is -0.158. The quantitative estimate of drug-likeness (QED) is 0.0478. The number of Topliss-reactive ketones (excluding diaryl/α,β-unsaturated/α-hetero) is 2. The molecule has 2 bridgehead atoms. The number of nitrogens with zero attached hydrogens (tertiary/aromatic N) is 2. The number of piperazine rings is 1. The maximum absolute atomic E-state index is 14.2. The fraction of sp³-hybridized carbons (Fsp3) is 0.600. The van der Waals surface area contributed by atoms with E-state index >= 15 is 0 Å². The van der Waals surface area contributed by atoms with Gasteiger partial charge in [0.15, 0.2) is 12.0 Å². The van der Waals surface area contributed by atoms with E-state index in [0.717, 1.165) is 36.8 Å². The highest BCUT2D eigenvalue weighted by Crippen LogP contribution is 2.33. The molecule has 2 heterocycles. The lowest BCUT2D eigenvalue weighted by atomic mass is 9.85. The molecule has 324 valence electrons. The second kappa shape index (κ2) is 24.6. The van der Waals surface area contributed by atoms with E-state index in [9.17, 15) is 28.8 Å². The normalized spacial score (nSPS) is 18.8. The number of ketones is 2. The minimum absolute atomic E-state index is 0.0501. The Balaban J connectivity index is 1.38. The van der Waals surface area contributed by atoms with Gasteiger partial charge in [0.25, 0.3) is 6.47 Å². The summed E-state index contributed by atoms with van der Waals surface area (Å²) in [7, 11) is 0. The number of nitrogens with two attached hydrogens (primary N) is 3. The molecule has 2 aliphatic heterocycles. The molecule has 7 unspecified atom stereocenters. The van der Waals surface area contributed by atoms with Crippen molar-refractivity contribution in [2.24, 2.45) is 29.0 Å². The third-order valence-electron chi connectivity index (χ3n) is 11.4. The molecule has 0 saturated carbocycles. The zero-order valence-electron chi connectivity index (χ0n) is 35.0. The molecule has 2 fully saturated rings. The Bertz CT molecular complexity index is 1630. The molecule has 2 aliphatic rings. The molecule has 2 aromatic carbocycles. The van der Waals surface area contributed by atoms with E-state index in [2.05, 4.69) is 15.5 Å². The summed E-state index contributed by atoms with van der Waals surface area (Å²) in [5, 5.41) is 5.97. The van der Waals surface area contributed by atoms with Crippen molar-refractivity contribution in [3.63, 3.8) is 0 Å². The fourth-order valence-electron chi connectivity index (χ4n) is 8.29. The number of benzene rings is 2. The molecule has 59 heavy (non-hydrogen) atoms. The first kappa shape index (κ1) is 47.2. The molecule has 8 N–H and O–H groups in total. The van der Waals surface area contributed by atoms with Gasteiger partial charge in [-0.15, -0.1) is 0 Å². The molecule has 3 amide bonds. The van der Waals surface area contributed by atoms with E-state index in [4.69, 9.17) is 21.9 Å². The van der Waals surface area contributed by atoms with Crippen molar-refractivity contribution < 1.29 is 33.5 Å². The Labute approximate surface area is 349 Å². The maximum Gasteiger partial charge on any atom is 0.294 e. The van der Waals surface area contributed by atoms with Gasteiger partial charge in [-0.2, -0.15) is 0 Å². The van der Waals surface area contributed by atoms with E-state index in [0.29, 0.717) is 77.6 Å². The number of carbonyl (C=O) groups excluding carboxylic acids is 6. The van der Waals surface area contributed by atoms with Crippen LogP contribution in [-0.4, -0.2) is 108 Å². The van der Waals surface area contributed by atoms with Gasteiger partial charge in [-0.05, 0) is 87.8 Å². The highest BCUT2D eigenvalue weighted by molar-refractivity contribution is 5.95. The largest absolute Gasteiger partial charge is 0.449 e. The number of rotatable bonds is 28. The van der Waals surface area contributed by atoms with Crippen LogP contribution in [0.2, 0.25) is 0 Å². The first-order chi connectivity index (χ1) is 28.4. The van der Waals surface area contributed by atoms with E-state index < -0.39 is 36.2 Å². The van der Waals surface area contributed by atoms with Crippen molar-refractivity contribution in [3.8, 4) is 0 Å². The predicted molar refractivity (Wildman–Crippen MR) is 226 cm³/mol. The van der Waals surface area contributed by atoms with Crippen molar-refractivity contribution in [1.29, 1.82) is 0 Å². The second-order valence-corrected chi connectivity index (χ2v) is 16.8. The average molecular weight is 818 g/mol. The van der Waals surface area contributed by atoms with Crippen LogP contribution in [0.15, 0.2) is 60.7 Å². The number of piperidine rings is 1. The molecular weight excluding hydrogens is 751 g/mol. The van der Waals surface area contributed by atoms with Crippen molar-refractivity contribution in [1.82, 2.24) is 20.4 Å². The summed E-state index contributed by atoms with van der Waals surface area (Å²) in [6, 6.07) is 16.2. The van der Waals surface area contributed by atoms with Crippen LogP contribution in [0.5, 0.6) is 0 Å². The number of nitrogens with one attached hydrogen (secondary N) is 2. The van der Waals surface area contributed by atoms with Gasteiger partial charge in [-0.25, -0.2) is 0 Å². The highest BCUT2D eigenvalue weighted by atomic mass is 16.5. The van der Waals surface area contributed by atoms with Gasteiger partial charge in [0, 0.05) is 43.9 Å². The summed E-state index contributed by atoms with van der Waals surface area (Å²) in [6.07, 6.45) is 6.17. The van der Waals surface area contributed by atoms with Crippen LogP contribution in [0, 0.1) is 11.8 Å². The van der Waals surface area contributed by atoms with Crippen LogP contribution in [0.1, 0.15) is 95.6 Å². The number of carbonyl (C=O) groups is 6. The monoisotopic (exact) mass is 818 g/mol. The van der Waals surface area contributed by atoms with Crippen LogP contribution < -0.4 is 27.8 Å². The lowest BCUT2D eigenvalue weighted by Crippen LogP contribution is -2.72. The minimum Gasteiger partial charge on any atom is -0.449 e. The van der Waals surface area contributed by atoms with Gasteiger partial charge in [0.05, 0.1) is 18.6 Å².